The van der Waals surface area contributed by atoms with Gasteiger partial charge in [-0.2, -0.15) is 0 Å². The molecule has 1 aromatic rings. The molecule has 0 aliphatic carbocycles. The fourth-order valence-electron chi connectivity index (χ4n) is 3.68. The van der Waals surface area contributed by atoms with Gasteiger partial charge in [0.2, 0.25) is 0 Å². The molecular formula is C19H26N2O3. The first-order valence-electron chi connectivity index (χ1n) is 8.78. The first-order chi connectivity index (χ1) is 11.4. The number of ether oxygens (including phenoxy) is 1. The Kier molecular flexibility index (Phi) is 4.52. The van der Waals surface area contributed by atoms with Crippen LogP contribution >= 0.6 is 0 Å². The van der Waals surface area contributed by atoms with Gasteiger partial charge in [0.15, 0.2) is 0 Å². The van der Waals surface area contributed by atoms with Crippen molar-refractivity contribution in [2.45, 2.75) is 39.2 Å². The highest BCUT2D eigenvalue weighted by molar-refractivity contribution is 5.94. The summed E-state index contributed by atoms with van der Waals surface area (Å²) in [6.07, 6.45) is 1.56. The van der Waals surface area contributed by atoms with Gasteiger partial charge in [-0.25, -0.2) is 4.79 Å². The van der Waals surface area contributed by atoms with E-state index in [0.29, 0.717) is 37.7 Å². The molecule has 5 heteroatoms. The van der Waals surface area contributed by atoms with Gasteiger partial charge in [0, 0.05) is 25.2 Å². The number of carbonyl (C=O) groups excluding carboxylic acids is 2. The number of rotatable bonds is 4. The Bertz CT molecular complexity index is 626. The number of amides is 2. The van der Waals surface area contributed by atoms with Crippen LogP contribution in [0.15, 0.2) is 24.3 Å². The Morgan fingerprint density at radius 3 is 2.58 bits per heavy atom. The first kappa shape index (κ1) is 16.8. The minimum absolute atomic E-state index is 0.0397. The third-order valence-electron chi connectivity index (χ3n) is 5.13. The Hall–Kier alpha value is -2.04. The molecule has 1 aromatic carbocycles. The highest BCUT2D eigenvalue weighted by atomic mass is 16.6. The molecule has 2 aliphatic heterocycles. The average Bonchev–Trinajstić information content (AvgIpc) is 2.91. The van der Waals surface area contributed by atoms with Gasteiger partial charge in [-0.3, -0.25) is 9.69 Å². The quantitative estimate of drug-likeness (QED) is 0.853. The third-order valence-corrected chi connectivity index (χ3v) is 5.13. The summed E-state index contributed by atoms with van der Waals surface area (Å²) in [7, 11) is 0. The molecule has 0 radical (unpaired) electrons. The van der Waals surface area contributed by atoms with Crippen molar-refractivity contribution in [3.05, 3.63) is 35.4 Å². The van der Waals surface area contributed by atoms with E-state index in [1.54, 1.807) is 4.90 Å². The fraction of sp³-hybridized carbons (Fsp3) is 0.579. The number of fused-ring (bicyclic) bond motifs is 1. The molecular weight excluding hydrogens is 304 g/mol. The van der Waals surface area contributed by atoms with E-state index < -0.39 is 0 Å². The van der Waals surface area contributed by atoms with Gasteiger partial charge in [-0.1, -0.05) is 32.9 Å². The number of cyclic esters (lactones) is 1. The molecule has 0 saturated carbocycles. The van der Waals surface area contributed by atoms with Crippen molar-refractivity contribution in [3.8, 4) is 0 Å². The molecule has 0 spiro atoms. The summed E-state index contributed by atoms with van der Waals surface area (Å²) >= 11 is 0. The van der Waals surface area contributed by atoms with Gasteiger partial charge in [-0.15, -0.1) is 0 Å². The van der Waals surface area contributed by atoms with E-state index in [4.69, 9.17) is 4.74 Å². The maximum atomic E-state index is 12.8. The van der Waals surface area contributed by atoms with Gasteiger partial charge in [0.25, 0.3) is 5.91 Å². The standard InChI is InChI=1S/C19H26N2O3/c1-4-19-12-20(9-10-21(19)18(23)24-13-19)17(22)16-7-5-15(6-8-16)11-14(2)3/h5-8,14H,4,9-13H2,1-3H3. The minimum atomic E-state index is -0.359. The normalized spacial score (nSPS) is 23.4. The van der Waals surface area contributed by atoms with Gasteiger partial charge in [-0.05, 0) is 36.5 Å². The highest BCUT2D eigenvalue weighted by Gasteiger charge is 2.50. The fourth-order valence-corrected chi connectivity index (χ4v) is 3.68. The number of benzene rings is 1. The van der Waals surface area contributed by atoms with Crippen LogP contribution in [0.25, 0.3) is 0 Å². The zero-order chi connectivity index (χ0) is 17.3. The van der Waals surface area contributed by atoms with Crippen LogP contribution in [-0.2, 0) is 11.2 Å². The molecule has 130 valence electrons. The van der Waals surface area contributed by atoms with Crippen molar-refractivity contribution in [3.63, 3.8) is 0 Å². The molecule has 0 aromatic heterocycles. The maximum absolute atomic E-state index is 12.8. The lowest BCUT2D eigenvalue weighted by atomic mass is 9.92. The zero-order valence-corrected chi connectivity index (χ0v) is 14.7. The van der Waals surface area contributed by atoms with E-state index in [1.807, 2.05) is 36.1 Å². The van der Waals surface area contributed by atoms with Gasteiger partial charge < -0.3 is 9.64 Å². The van der Waals surface area contributed by atoms with Crippen LogP contribution in [0.1, 0.15) is 43.1 Å². The van der Waals surface area contributed by atoms with E-state index in [9.17, 15) is 9.59 Å². The third kappa shape index (κ3) is 2.99. The summed E-state index contributed by atoms with van der Waals surface area (Å²) in [5.74, 6) is 0.641. The zero-order valence-electron chi connectivity index (χ0n) is 14.7. The lowest BCUT2D eigenvalue weighted by molar-refractivity contribution is 0.0362. The molecule has 0 bridgehead atoms. The minimum Gasteiger partial charge on any atom is -0.447 e. The lowest BCUT2D eigenvalue weighted by Crippen LogP contribution is -2.62. The van der Waals surface area contributed by atoms with Crippen LogP contribution in [0, 0.1) is 5.92 Å². The van der Waals surface area contributed by atoms with Crippen molar-refractivity contribution in [1.29, 1.82) is 0 Å². The summed E-state index contributed by atoms with van der Waals surface area (Å²) in [4.78, 5) is 28.3. The van der Waals surface area contributed by atoms with Crippen LogP contribution in [0.3, 0.4) is 0 Å². The van der Waals surface area contributed by atoms with Crippen LogP contribution in [-0.4, -0.2) is 53.6 Å². The SMILES string of the molecule is CCC12COC(=O)N1CCN(C(=O)c1ccc(CC(C)C)cc1)C2. The van der Waals surface area contributed by atoms with Crippen LogP contribution in [0.4, 0.5) is 4.79 Å². The topological polar surface area (TPSA) is 49.9 Å². The molecule has 3 rings (SSSR count). The summed E-state index contributed by atoms with van der Waals surface area (Å²) in [5.41, 5.74) is 1.61. The number of hydrogen-bond donors (Lipinski definition) is 0. The van der Waals surface area contributed by atoms with E-state index in [-0.39, 0.29) is 17.5 Å². The van der Waals surface area contributed by atoms with E-state index in [1.165, 1.54) is 5.56 Å². The molecule has 2 saturated heterocycles. The second-order valence-electron chi connectivity index (χ2n) is 7.31. The number of piperazine rings is 1. The number of carbonyl (C=O) groups is 2. The van der Waals surface area contributed by atoms with Crippen molar-refractivity contribution in [2.24, 2.45) is 5.92 Å². The highest BCUT2D eigenvalue weighted by Crippen LogP contribution is 2.32. The summed E-state index contributed by atoms with van der Waals surface area (Å²) in [6, 6.07) is 7.92. The van der Waals surface area contributed by atoms with E-state index >= 15 is 0 Å². The Morgan fingerprint density at radius 2 is 1.96 bits per heavy atom. The van der Waals surface area contributed by atoms with Crippen LogP contribution in [0.2, 0.25) is 0 Å². The van der Waals surface area contributed by atoms with Gasteiger partial charge in [0.05, 0.1) is 5.54 Å². The van der Waals surface area contributed by atoms with Crippen molar-refractivity contribution < 1.29 is 14.3 Å². The average molecular weight is 330 g/mol. The molecule has 24 heavy (non-hydrogen) atoms. The number of hydrogen-bond acceptors (Lipinski definition) is 3. The molecule has 2 amide bonds. The number of nitrogens with zero attached hydrogens (tertiary/aromatic N) is 2. The van der Waals surface area contributed by atoms with Gasteiger partial charge >= 0.3 is 6.09 Å². The summed E-state index contributed by atoms with van der Waals surface area (Å²) < 4.78 is 5.23. The molecule has 2 heterocycles. The smallest absolute Gasteiger partial charge is 0.410 e. The van der Waals surface area contributed by atoms with Crippen molar-refractivity contribution >= 4 is 12.0 Å². The van der Waals surface area contributed by atoms with Gasteiger partial charge in [0.1, 0.15) is 6.61 Å². The van der Waals surface area contributed by atoms with E-state index in [0.717, 1.165) is 12.8 Å². The largest absolute Gasteiger partial charge is 0.447 e. The summed E-state index contributed by atoms with van der Waals surface area (Å²) in [5, 5.41) is 0. The van der Waals surface area contributed by atoms with Crippen LogP contribution < -0.4 is 0 Å². The molecule has 5 nitrogen and oxygen atoms in total. The summed E-state index contributed by atoms with van der Waals surface area (Å²) in [6.45, 7) is 8.44. The second kappa shape index (κ2) is 6.46. The van der Waals surface area contributed by atoms with Crippen molar-refractivity contribution in [2.75, 3.05) is 26.2 Å². The molecule has 1 unspecified atom stereocenters. The molecule has 2 fully saturated rings. The molecule has 2 aliphatic rings. The molecule has 0 N–H and O–H groups in total. The predicted octanol–water partition coefficient (Wildman–Crippen LogP) is 2.94. The lowest BCUT2D eigenvalue weighted by Gasteiger charge is -2.44. The monoisotopic (exact) mass is 330 g/mol. The predicted molar refractivity (Wildman–Crippen MR) is 92.0 cm³/mol. The second-order valence-corrected chi connectivity index (χ2v) is 7.31. The maximum Gasteiger partial charge on any atom is 0.410 e. The Morgan fingerprint density at radius 1 is 1.25 bits per heavy atom. The van der Waals surface area contributed by atoms with E-state index in [2.05, 4.69) is 13.8 Å². The Labute approximate surface area is 143 Å². The Balaban J connectivity index is 1.72. The molecule has 1 atom stereocenters. The van der Waals surface area contributed by atoms with Crippen LogP contribution in [0.5, 0.6) is 0 Å². The first-order valence-corrected chi connectivity index (χ1v) is 8.78. The van der Waals surface area contributed by atoms with Crippen molar-refractivity contribution in [1.82, 2.24) is 9.80 Å².